The molecule has 0 bridgehead atoms. The number of pyridine rings is 2. The maximum atomic E-state index is 12.9. The van der Waals surface area contributed by atoms with Crippen LogP contribution in [0.3, 0.4) is 0 Å². The van der Waals surface area contributed by atoms with Gasteiger partial charge in [0.1, 0.15) is 16.5 Å². The zero-order valence-electron chi connectivity index (χ0n) is 19.3. The van der Waals surface area contributed by atoms with E-state index in [0.29, 0.717) is 24.5 Å². The van der Waals surface area contributed by atoms with Gasteiger partial charge < -0.3 is 10.6 Å². The molecule has 3 aliphatic rings. The Balaban J connectivity index is 1.19. The van der Waals surface area contributed by atoms with Crippen LogP contribution < -0.4 is 15.4 Å². The number of H-pyrrole nitrogens is 1. The van der Waals surface area contributed by atoms with Crippen LogP contribution in [0, 0.1) is 18.3 Å². The first-order chi connectivity index (χ1) is 16.9. The SMILES string of the molecule is Cc1cc(Nc2cc3ncccc3c(N[C@H]3C[C@@H]4CC5(S(=O)(=O)NCCC#N)C[C@H](C3)N45)n2)n[nH]1. The smallest absolute Gasteiger partial charge is 0.230 e. The average Bonchev–Trinajstić information content (AvgIpc) is 3.20. The third-order valence-electron chi connectivity index (χ3n) is 7.41. The number of nitriles is 1. The highest BCUT2D eigenvalue weighted by molar-refractivity contribution is 7.91. The van der Waals surface area contributed by atoms with Gasteiger partial charge in [-0.3, -0.25) is 15.0 Å². The molecule has 1 unspecified atom stereocenters. The number of aromatic amines is 1. The van der Waals surface area contributed by atoms with Gasteiger partial charge in [0.15, 0.2) is 5.82 Å². The van der Waals surface area contributed by atoms with E-state index >= 15 is 0 Å². The number of rotatable bonds is 8. The van der Waals surface area contributed by atoms with Gasteiger partial charge in [0.05, 0.1) is 11.6 Å². The lowest BCUT2D eigenvalue weighted by molar-refractivity contribution is -0.173. The molecule has 0 aliphatic carbocycles. The Labute approximate surface area is 203 Å². The molecule has 3 aromatic rings. The van der Waals surface area contributed by atoms with Crippen LogP contribution in [0.1, 0.15) is 37.8 Å². The number of piperidine rings is 2. The molecule has 12 heteroatoms. The van der Waals surface area contributed by atoms with E-state index in [4.69, 9.17) is 10.2 Å². The van der Waals surface area contributed by atoms with E-state index in [0.717, 1.165) is 35.3 Å². The Morgan fingerprint density at radius 3 is 2.77 bits per heavy atom. The number of sulfonamides is 1. The molecule has 0 amide bonds. The Morgan fingerprint density at radius 1 is 1.26 bits per heavy atom. The number of aryl methyl sites for hydroxylation is 1. The topological polar surface area (TPSA) is 152 Å². The van der Waals surface area contributed by atoms with Crippen molar-refractivity contribution >= 4 is 38.4 Å². The number of anilines is 3. The second-order valence-corrected chi connectivity index (χ2v) is 11.7. The molecule has 4 N–H and O–H groups in total. The van der Waals surface area contributed by atoms with E-state index in [1.807, 2.05) is 37.3 Å². The van der Waals surface area contributed by atoms with Gasteiger partial charge in [-0.25, -0.2) is 18.1 Å². The molecule has 0 aromatic carbocycles. The fourth-order valence-electron chi connectivity index (χ4n) is 6.02. The summed E-state index contributed by atoms with van der Waals surface area (Å²) in [4.78, 5) is 10.7. The normalized spacial score (nSPS) is 27.4. The Kier molecular flexibility index (Phi) is 5.17. The summed E-state index contributed by atoms with van der Waals surface area (Å²) in [6, 6.07) is 10.4. The minimum absolute atomic E-state index is 0.170. The molecule has 3 aromatic heterocycles. The van der Waals surface area contributed by atoms with Crippen LogP contribution in [0.2, 0.25) is 0 Å². The van der Waals surface area contributed by atoms with Crippen molar-refractivity contribution in [3.8, 4) is 6.07 Å². The molecule has 3 aliphatic heterocycles. The zero-order valence-corrected chi connectivity index (χ0v) is 20.1. The first-order valence-electron chi connectivity index (χ1n) is 11.8. The van der Waals surface area contributed by atoms with Crippen molar-refractivity contribution in [2.45, 2.75) is 62.0 Å². The summed E-state index contributed by atoms with van der Waals surface area (Å²) in [7, 11) is -3.47. The fraction of sp³-hybridized carbons (Fsp3) is 0.478. The summed E-state index contributed by atoms with van der Waals surface area (Å²) in [5.74, 6) is 2.11. The largest absolute Gasteiger partial charge is 0.367 e. The van der Waals surface area contributed by atoms with Crippen LogP contribution in [-0.4, -0.2) is 63.0 Å². The predicted octanol–water partition coefficient (Wildman–Crippen LogP) is 2.36. The van der Waals surface area contributed by atoms with Gasteiger partial charge >= 0.3 is 0 Å². The van der Waals surface area contributed by atoms with Gasteiger partial charge in [-0.2, -0.15) is 10.4 Å². The maximum Gasteiger partial charge on any atom is 0.230 e. The lowest BCUT2D eigenvalue weighted by Gasteiger charge is -2.71. The number of nitrogens with one attached hydrogen (secondary N) is 4. The van der Waals surface area contributed by atoms with E-state index in [2.05, 4.69) is 35.4 Å². The van der Waals surface area contributed by atoms with Crippen LogP contribution in [-0.2, 0) is 10.0 Å². The quantitative estimate of drug-likeness (QED) is 0.347. The molecule has 0 saturated carbocycles. The number of aromatic nitrogens is 4. The van der Waals surface area contributed by atoms with Crippen molar-refractivity contribution < 1.29 is 8.42 Å². The molecule has 0 radical (unpaired) electrons. The van der Waals surface area contributed by atoms with Crippen molar-refractivity contribution in [3.05, 3.63) is 36.2 Å². The summed E-state index contributed by atoms with van der Waals surface area (Å²) < 4.78 is 28.4. The molecule has 11 nitrogen and oxygen atoms in total. The van der Waals surface area contributed by atoms with Gasteiger partial charge in [-0.15, -0.1) is 0 Å². The van der Waals surface area contributed by atoms with Crippen LogP contribution in [0.25, 0.3) is 10.9 Å². The second kappa shape index (κ2) is 8.15. The van der Waals surface area contributed by atoms with Crippen LogP contribution >= 0.6 is 0 Å². The van der Waals surface area contributed by atoms with Gasteiger partial charge in [0.25, 0.3) is 0 Å². The molecule has 6 rings (SSSR count). The second-order valence-electron chi connectivity index (χ2n) is 9.68. The highest BCUT2D eigenvalue weighted by Crippen LogP contribution is 2.59. The number of hydrogen-bond acceptors (Lipinski definition) is 9. The maximum absolute atomic E-state index is 12.9. The van der Waals surface area contributed by atoms with Crippen molar-refractivity contribution in [2.75, 3.05) is 17.2 Å². The van der Waals surface area contributed by atoms with Crippen LogP contribution in [0.4, 0.5) is 17.5 Å². The monoisotopic (exact) mass is 493 g/mol. The highest BCUT2D eigenvalue weighted by atomic mass is 32.2. The molecule has 4 atom stereocenters. The van der Waals surface area contributed by atoms with Gasteiger partial charge in [-0.1, -0.05) is 0 Å². The molecule has 0 spiro atoms. The Morgan fingerprint density at radius 2 is 2.06 bits per heavy atom. The predicted molar refractivity (Wildman–Crippen MR) is 131 cm³/mol. The first kappa shape index (κ1) is 22.2. The number of nitrogens with zero attached hydrogens (tertiary/aromatic N) is 5. The van der Waals surface area contributed by atoms with Crippen molar-refractivity contribution in [2.24, 2.45) is 0 Å². The van der Waals surface area contributed by atoms with E-state index < -0.39 is 14.9 Å². The summed E-state index contributed by atoms with van der Waals surface area (Å²) in [5, 5.41) is 23.7. The van der Waals surface area contributed by atoms with Crippen molar-refractivity contribution in [1.29, 1.82) is 5.26 Å². The number of fused-ring (bicyclic) bond motifs is 1. The van der Waals surface area contributed by atoms with E-state index in [1.54, 1.807) is 6.20 Å². The third kappa shape index (κ3) is 3.62. The molecule has 3 saturated heterocycles. The van der Waals surface area contributed by atoms with Crippen LogP contribution in [0.15, 0.2) is 30.5 Å². The van der Waals surface area contributed by atoms with Crippen molar-refractivity contribution in [3.63, 3.8) is 0 Å². The lowest BCUT2D eigenvalue weighted by atomic mass is 9.67. The van der Waals surface area contributed by atoms with Crippen molar-refractivity contribution in [1.82, 2.24) is 29.8 Å². The van der Waals surface area contributed by atoms with E-state index in [1.165, 1.54) is 0 Å². The first-order valence-corrected chi connectivity index (χ1v) is 13.3. The number of hydrogen-bond donors (Lipinski definition) is 4. The Bertz CT molecular complexity index is 1410. The average molecular weight is 494 g/mol. The molecule has 182 valence electrons. The Hall–Kier alpha value is -3.27. The highest BCUT2D eigenvalue weighted by Gasteiger charge is 2.71. The zero-order chi connectivity index (χ0) is 24.2. The van der Waals surface area contributed by atoms with E-state index in [-0.39, 0.29) is 31.1 Å². The fourth-order valence-corrected chi connectivity index (χ4v) is 8.06. The van der Waals surface area contributed by atoms with Gasteiger partial charge in [0.2, 0.25) is 10.0 Å². The standard InChI is InChI=1S/C23H27N9O2S/c1-14-8-21(31-30-14)28-20-11-19-18(4-2-6-25-19)22(29-20)27-15-9-16-12-23(13-17(10-15)32(16)23)35(33,34)26-7-3-5-24/h2,4,6,8,11,15-17,26H,3,7,9-10,12-13H2,1H3,(H3,27,28,29,30,31)/t15-,16+,17-,23?. The molecule has 6 heterocycles. The summed E-state index contributed by atoms with van der Waals surface area (Å²) in [5.41, 5.74) is 1.79. The van der Waals surface area contributed by atoms with Crippen LogP contribution in [0.5, 0.6) is 0 Å². The summed E-state index contributed by atoms with van der Waals surface area (Å²) >= 11 is 0. The van der Waals surface area contributed by atoms with E-state index in [9.17, 15) is 8.42 Å². The third-order valence-corrected chi connectivity index (χ3v) is 9.54. The van der Waals surface area contributed by atoms with Gasteiger partial charge in [-0.05, 0) is 44.7 Å². The van der Waals surface area contributed by atoms with Gasteiger partial charge in [0, 0.05) is 60.5 Å². The molecule has 3 fully saturated rings. The minimum Gasteiger partial charge on any atom is -0.367 e. The lowest BCUT2D eigenvalue weighted by Crippen LogP contribution is -2.84. The minimum atomic E-state index is -3.47. The summed E-state index contributed by atoms with van der Waals surface area (Å²) in [6.45, 7) is 2.11. The molecule has 35 heavy (non-hydrogen) atoms. The molecular formula is C23H27N9O2S. The molecular weight excluding hydrogens is 466 g/mol. The summed E-state index contributed by atoms with van der Waals surface area (Å²) in [6.07, 6.45) is 4.90.